The summed E-state index contributed by atoms with van der Waals surface area (Å²) in [6.45, 7) is 7.79. The summed E-state index contributed by atoms with van der Waals surface area (Å²) >= 11 is 0. The highest BCUT2D eigenvalue weighted by Crippen LogP contribution is 2.26. The lowest BCUT2D eigenvalue weighted by molar-refractivity contribution is -0.0330. The van der Waals surface area contributed by atoms with E-state index in [0.717, 1.165) is 32.0 Å². The van der Waals surface area contributed by atoms with E-state index in [1.165, 1.54) is 11.1 Å². The fourth-order valence-corrected chi connectivity index (χ4v) is 2.89. The molecule has 1 atom stereocenters. The molecular formula is C18H25N3O2. The minimum absolute atomic E-state index is 0.0963. The van der Waals surface area contributed by atoms with E-state index >= 15 is 0 Å². The van der Waals surface area contributed by atoms with Crippen molar-refractivity contribution in [2.45, 2.75) is 32.5 Å². The number of methoxy groups -OCH3 is 1. The van der Waals surface area contributed by atoms with Gasteiger partial charge in [0.05, 0.1) is 26.0 Å². The standard InChI is InChI=1S/C18H25N3O2/c1-14(2)21-12-15(10-19-21)11-20-7-8-23-18(13-20)16-5-4-6-17(9-16)22-3/h4-6,9-10,12,14,18H,7-8,11,13H2,1-3H3/t18-/m0/s1. The summed E-state index contributed by atoms with van der Waals surface area (Å²) in [5.74, 6) is 0.876. The highest BCUT2D eigenvalue weighted by molar-refractivity contribution is 5.30. The minimum atomic E-state index is 0.0963. The normalized spacial score (nSPS) is 19.2. The van der Waals surface area contributed by atoms with Gasteiger partial charge in [0.1, 0.15) is 5.75 Å². The second-order valence-corrected chi connectivity index (χ2v) is 6.29. The Hall–Kier alpha value is -1.85. The van der Waals surface area contributed by atoms with Crippen LogP contribution in [0.15, 0.2) is 36.7 Å². The molecule has 3 rings (SSSR count). The molecule has 0 saturated carbocycles. The number of rotatable bonds is 5. The lowest BCUT2D eigenvalue weighted by Gasteiger charge is -2.33. The molecule has 0 spiro atoms. The van der Waals surface area contributed by atoms with E-state index in [1.807, 2.05) is 23.0 Å². The van der Waals surface area contributed by atoms with Crippen LogP contribution in [0, 0.1) is 0 Å². The molecule has 5 heteroatoms. The first-order valence-corrected chi connectivity index (χ1v) is 8.16. The van der Waals surface area contributed by atoms with Gasteiger partial charge >= 0.3 is 0 Å². The van der Waals surface area contributed by atoms with Crippen molar-refractivity contribution in [3.63, 3.8) is 0 Å². The Morgan fingerprint density at radius 1 is 1.39 bits per heavy atom. The van der Waals surface area contributed by atoms with Crippen LogP contribution < -0.4 is 4.74 Å². The zero-order chi connectivity index (χ0) is 16.2. The topological polar surface area (TPSA) is 39.5 Å². The van der Waals surface area contributed by atoms with Gasteiger partial charge in [-0.05, 0) is 31.5 Å². The Balaban J connectivity index is 1.65. The SMILES string of the molecule is COc1cccc([C@@H]2CN(Cc3cnn(C(C)C)c3)CCO2)c1. The summed E-state index contributed by atoms with van der Waals surface area (Å²) in [6, 6.07) is 8.55. The van der Waals surface area contributed by atoms with Crippen molar-refractivity contribution in [1.29, 1.82) is 0 Å². The molecule has 0 bridgehead atoms. The maximum absolute atomic E-state index is 5.96. The molecule has 1 aromatic carbocycles. The molecule has 5 nitrogen and oxygen atoms in total. The van der Waals surface area contributed by atoms with Crippen molar-refractivity contribution in [2.75, 3.05) is 26.8 Å². The maximum Gasteiger partial charge on any atom is 0.119 e. The maximum atomic E-state index is 5.96. The molecule has 1 aromatic heterocycles. The molecule has 23 heavy (non-hydrogen) atoms. The zero-order valence-electron chi connectivity index (χ0n) is 14.1. The van der Waals surface area contributed by atoms with Crippen molar-refractivity contribution in [1.82, 2.24) is 14.7 Å². The van der Waals surface area contributed by atoms with Gasteiger partial charge in [-0.2, -0.15) is 5.10 Å². The fourth-order valence-electron chi connectivity index (χ4n) is 2.89. The largest absolute Gasteiger partial charge is 0.497 e. The monoisotopic (exact) mass is 315 g/mol. The number of ether oxygens (including phenoxy) is 2. The quantitative estimate of drug-likeness (QED) is 0.850. The van der Waals surface area contributed by atoms with E-state index < -0.39 is 0 Å². The van der Waals surface area contributed by atoms with Gasteiger partial charge in [-0.25, -0.2) is 0 Å². The molecule has 124 valence electrons. The van der Waals surface area contributed by atoms with Crippen molar-refractivity contribution >= 4 is 0 Å². The molecule has 0 unspecified atom stereocenters. The molecule has 0 aliphatic carbocycles. The van der Waals surface area contributed by atoms with Gasteiger partial charge in [-0.3, -0.25) is 9.58 Å². The Morgan fingerprint density at radius 3 is 3.00 bits per heavy atom. The second-order valence-electron chi connectivity index (χ2n) is 6.29. The van der Waals surface area contributed by atoms with Gasteiger partial charge in [0.2, 0.25) is 0 Å². The van der Waals surface area contributed by atoms with E-state index in [2.05, 4.69) is 42.2 Å². The van der Waals surface area contributed by atoms with Crippen LogP contribution in [0.4, 0.5) is 0 Å². The Bertz CT molecular complexity index is 639. The van der Waals surface area contributed by atoms with Crippen LogP contribution in [0.2, 0.25) is 0 Å². The van der Waals surface area contributed by atoms with Crippen molar-refractivity contribution in [3.05, 3.63) is 47.8 Å². The van der Waals surface area contributed by atoms with E-state index in [1.54, 1.807) is 7.11 Å². The summed E-state index contributed by atoms with van der Waals surface area (Å²) in [6.07, 6.45) is 4.20. The smallest absolute Gasteiger partial charge is 0.119 e. The van der Waals surface area contributed by atoms with E-state index in [-0.39, 0.29) is 6.10 Å². The van der Waals surface area contributed by atoms with Crippen molar-refractivity contribution in [3.8, 4) is 5.75 Å². The van der Waals surface area contributed by atoms with Crippen molar-refractivity contribution < 1.29 is 9.47 Å². The van der Waals surface area contributed by atoms with E-state index in [0.29, 0.717) is 6.04 Å². The summed E-state index contributed by atoms with van der Waals surface area (Å²) in [5, 5.41) is 4.42. The number of nitrogens with zero attached hydrogens (tertiary/aromatic N) is 3. The Morgan fingerprint density at radius 2 is 2.26 bits per heavy atom. The second kappa shape index (κ2) is 7.15. The van der Waals surface area contributed by atoms with Gasteiger partial charge in [-0.1, -0.05) is 12.1 Å². The highest BCUT2D eigenvalue weighted by Gasteiger charge is 2.22. The number of benzene rings is 1. The number of hydrogen-bond donors (Lipinski definition) is 0. The Kier molecular flexibility index (Phi) is 4.98. The highest BCUT2D eigenvalue weighted by atomic mass is 16.5. The van der Waals surface area contributed by atoms with Gasteiger partial charge in [-0.15, -0.1) is 0 Å². The molecule has 0 amide bonds. The van der Waals surface area contributed by atoms with Gasteiger partial charge < -0.3 is 9.47 Å². The molecule has 1 aliphatic heterocycles. The van der Waals surface area contributed by atoms with Crippen LogP contribution in [0.25, 0.3) is 0 Å². The first kappa shape index (κ1) is 16.0. The van der Waals surface area contributed by atoms with Gasteiger partial charge in [0, 0.05) is 37.4 Å². The first-order valence-electron chi connectivity index (χ1n) is 8.16. The first-order chi connectivity index (χ1) is 11.2. The average Bonchev–Trinajstić information content (AvgIpc) is 3.04. The minimum Gasteiger partial charge on any atom is -0.497 e. The summed E-state index contributed by atoms with van der Waals surface area (Å²) in [4.78, 5) is 2.43. The third-order valence-corrected chi connectivity index (χ3v) is 4.21. The molecule has 2 aromatic rings. The molecule has 1 saturated heterocycles. The third-order valence-electron chi connectivity index (χ3n) is 4.21. The van der Waals surface area contributed by atoms with Crippen LogP contribution in [0.5, 0.6) is 5.75 Å². The molecule has 2 heterocycles. The molecule has 1 aliphatic rings. The number of aromatic nitrogens is 2. The lowest BCUT2D eigenvalue weighted by Crippen LogP contribution is -2.37. The third kappa shape index (κ3) is 3.92. The van der Waals surface area contributed by atoms with Crippen LogP contribution in [-0.4, -0.2) is 41.5 Å². The van der Waals surface area contributed by atoms with Crippen molar-refractivity contribution in [2.24, 2.45) is 0 Å². The molecule has 0 N–H and O–H groups in total. The fraction of sp³-hybridized carbons (Fsp3) is 0.500. The predicted molar refractivity (Wildman–Crippen MR) is 89.6 cm³/mol. The summed E-state index contributed by atoms with van der Waals surface area (Å²) in [5.41, 5.74) is 2.43. The van der Waals surface area contributed by atoms with Crippen LogP contribution in [0.3, 0.4) is 0 Å². The van der Waals surface area contributed by atoms with Gasteiger partial charge in [0.25, 0.3) is 0 Å². The molecule has 0 radical (unpaired) electrons. The van der Waals surface area contributed by atoms with Crippen LogP contribution in [0.1, 0.15) is 37.1 Å². The van der Waals surface area contributed by atoms with E-state index in [4.69, 9.17) is 9.47 Å². The van der Waals surface area contributed by atoms with E-state index in [9.17, 15) is 0 Å². The summed E-state index contributed by atoms with van der Waals surface area (Å²) in [7, 11) is 1.69. The summed E-state index contributed by atoms with van der Waals surface area (Å²) < 4.78 is 13.3. The number of morpholine rings is 1. The Labute approximate surface area is 137 Å². The lowest BCUT2D eigenvalue weighted by atomic mass is 10.1. The van der Waals surface area contributed by atoms with Crippen LogP contribution >= 0.6 is 0 Å². The number of hydrogen-bond acceptors (Lipinski definition) is 4. The van der Waals surface area contributed by atoms with Crippen LogP contribution in [-0.2, 0) is 11.3 Å². The molecular weight excluding hydrogens is 290 g/mol. The van der Waals surface area contributed by atoms with Gasteiger partial charge in [0.15, 0.2) is 0 Å². The average molecular weight is 315 g/mol. The predicted octanol–water partition coefficient (Wildman–Crippen LogP) is 3.05. The zero-order valence-corrected chi connectivity index (χ0v) is 14.1. The molecule has 1 fully saturated rings.